The van der Waals surface area contributed by atoms with Gasteiger partial charge in [-0.2, -0.15) is 29.6 Å². The predicted molar refractivity (Wildman–Crippen MR) is 113 cm³/mol. The maximum atomic E-state index is 12.4. The van der Waals surface area contributed by atoms with E-state index < -0.39 is 12.6 Å². The first-order chi connectivity index (χ1) is 14.5. The van der Waals surface area contributed by atoms with Crippen molar-refractivity contribution in [2.75, 3.05) is 32.7 Å². The molecule has 3 aromatic rings. The van der Waals surface area contributed by atoms with E-state index in [4.69, 9.17) is 0 Å². The maximum absolute atomic E-state index is 12.4. The molecular formula is C22H23F3N4S. The van der Waals surface area contributed by atoms with Crippen molar-refractivity contribution in [3.05, 3.63) is 51.7 Å². The Kier molecular flexibility index (Phi) is 5.16. The van der Waals surface area contributed by atoms with Crippen LogP contribution in [0.4, 0.5) is 13.2 Å². The molecule has 1 fully saturated rings. The van der Waals surface area contributed by atoms with Crippen molar-refractivity contribution < 1.29 is 13.2 Å². The molecule has 5 rings (SSSR count). The number of hydrogen-bond donors (Lipinski definition) is 1. The van der Waals surface area contributed by atoms with Crippen LogP contribution < -0.4 is 0 Å². The zero-order valence-corrected chi connectivity index (χ0v) is 17.3. The summed E-state index contributed by atoms with van der Waals surface area (Å²) in [7, 11) is 0. The van der Waals surface area contributed by atoms with Crippen LogP contribution in [-0.2, 0) is 13.0 Å². The minimum absolute atomic E-state index is 0.102. The molecule has 4 nitrogen and oxygen atoms in total. The SMILES string of the molecule is FC(F)(F)CCN1CCN(Cc2ccc3c(c2)-c2[nH]nc(-c4ccsc4)c2C3)CC1. The van der Waals surface area contributed by atoms with Gasteiger partial charge in [-0.3, -0.25) is 10.00 Å². The fraction of sp³-hybridized carbons (Fsp3) is 0.409. The number of H-pyrrole nitrogens is 1. The molecule has 1 aliphatic carbocycles. The average Bonchev–Trinajstić information content (AvgIpc) is 3.43. The zero-order valence-electron chi connectivity index (χ0n) is 16.5. The molecule has 3 heterocycles. The van der Waals surface area contributed by atoms with Gasteiger partial charge in [-0.25, -0.2) is 0 Å². The lowest BCUT2D eigenvalue weighted by Gasteiger charge is -2.34. The van der Waals surface area contributed by atoms with E-state index in [0.717, 1.165) is 43.0 Å². The van der Waals surface area contributed by atoms with Crippen molar-refractivity contribution in [1.82, 2.24) is 20.0 Å². The van der Waals surface area contributed by atoms with Crippen molar-refractivity contribution >= 4 is 11.3 Å². The van der Waals surface area contributed by atoms with Crippen LogP contribution in [0.5, 0.6) is 0 Å². The summed E-state index contributed by atoms with van der Waals surface area (Å²) in [5.41, 5.74) is 8.35. The third-order valence-electron chi connectivity index (χ3n) is 6.06. The minimum atomic E-state index is -4.07. The number of thiophene rings is 1. The molecule has 0 amide bonds. The van der Waals surface area contributed by atoms with Gasteiger partial charge in [0, 0.05) is 67.8 Å². The van der Waals surface area contributed by atoms with Gasteiger partial charge < -0.3 is 4.90 Å². The number of piperazine rings is 1. The highest BCUT2D eigenvalue weighted by molar-refractivity contribution is 7.08. The molecule has 1 saturated heterocycles. The molecule has 0 saturated carbocycles. The summed E-state index contributed by atoms with van der Waals surface area (Å²) >= 11 is 1.67. The average molecular weight is 433 g/mol. The maximum Gasteiger partial charge on any atom is 0.390 e. The summed E-state index contributed by atoms with van der Waals surface area (Å²) in [6.45, 7) is 3.90. The van der Waals surface area contributed by atoms with E-state index in [1.54, 1.807) is 11.3 Å². The molecule has 0 radical (unpaired) electrons. The van der Waals surface area contributed by atoms with Gasteiger partial charge in [0.15, 0.2) is 0 Å². The van der Waals surface area contributed by atoms with Crippen molar-refractivity contribution in [3.8, 4) is 22.5 Å². The van der Waals surface area contributed by atoms with Crippen LogP contribution >= 0.6 is 11.3 Å². The fourth-order valence-electron chi connectivity index (χ4n) is 4.41. The Labute approximate surface area is 177 Å². The van der Waals surface area contributed by atoms with Gasteiger partial charge >= 0.3 is 6.18 Å². The van der Waals surface area contributed by atoms with Crippen LogP contribution in [0.3, 0.4) is 0 Å². The van der Waals surface area contributed by atoms with Crippen LogP contribution in [0.1, 0.15) is 23.1 Å². The summed E-state index contributed by atoms with van der Waals surface area (Å²) in [5.74, 6) is 0. The molecule has 0 spiro atoms. The lowest BCUT2D eigenvalue weighted by atomic mass is 10.0. The topological polar surface area (TPSA) is 35.2 Å². The summed E-state index contributed by atoms with van der Waals surface area (Å²) < 4.78 is 37.3. The fourth-order valence-corrected chi connectivity index (χ4v) is 5.05. The van der Waals surface area contributed by atoms with Crippen LogP contribution in [0, 0.1) is 0 Å². The van der Waals surface area contributed by atoms with Crippen molar-refractivity contribution in [2.45, 2.75) is 25.6 Å². The van der Waals surface area contributed by atoms with Gasteiger partial charge in [-0.15, -0.1) is 0 Å². The number of benzene rings is 1. The van der Waals surface area contributed by atoms with Crippen molar-refractivity contribution in [1.29, 1.82) is 0 Å². The Morgan fingerprint density at radius 2 is 1.87 bits per heavy atom. The monoisotopic (exact) mass is 432 g/mol. The number of nitrogens with one attached hydrogen (secondary N) is 1. The molecule has 8 heteroatoms. The van der Waals surface area contributed by atoms with Crippen LogP contribution in [0.2, 0.25) is 0 Å². The van der Waals surface area contributed by atoms with Crippen LogP contribution in [0.15, 0.2) is 35.0 Å². The third-order valence-corrected chi connectivity index (χ3v) is 6.74. The minimum Gasteiger partial charge on any atom is -0.300 e. The third kappa shape index (κ3) is 4.04. The molecule has 158 valence electrons. The standard InChI is InChI=1S/C22H23F3N4S/c23-22(24,25)4-5-28-6-8-29(9-7-28)13-15-1-2-16-12-19-20(17-3-10-30-14-17)26-27-21(19)18(16)11-15/h1-3,10-11,14H,4-9,12-13H2,(H,26,27). The van der Waals surface area contributed by atoms with Crippen molar-refractivity contribution in [3.63, 3.8) is 0 Å². The molecule has 2 aromatic heterocycles. The second-order valence-corrected chi connectivity index (χ2v) is 8.87. The van der Waals surface area contributed by atoms with Gasteiger partial charge in [0.25, 0.3) is 0 Å². The molecule has 1 aromatic carbocycles. The van der Waals surface area contributed by atoms with E-state index in [9.17, 15) is 13.2 Å². The smallest absolute Gasteiger partial charge is 0.300 e. The lowest BCUT2D eigenvalue weighted by Crippen LogP contribution is -2.46. The number of aromatic amines is 1. The summed E-state index contributed by atoms with van der Waals surface area (Å²) in [6.07, 6.45) is -3.90. The Balaban J connectivity index is 1.24. The molecule has 0 unspecified atom stereocenters. The van der Waals surface area contributed by atoms with Gasteiger partial charge in [0.2, 0.25) is 0 Å². The summed E-state index contributed by atoms with van der Waals surface area (Å²) in [4.78, 5) is 4.24. The first-order valence-electron chi connectivity index (χ1n) is 10.2. The normalized spacial score (nSPS) is 17.3. The van der Waals surface area contributed by atoms with Gasteiger partial charge in [-0.05, 0) is 28.6 Å². The molecule has 0 bridgehead atoms. The summed E-state index contributed by atoms with van der Waals surface area (Å²) in [6, 6.07) is 8.73. The van der Waals surface area contributed by atoms with Gasteiger partial charge in [0.1, 0.15) is 0 Å². The Bertz CT molecular complexity index is 1020. The number of alkyl halides is 3. The molecule has 30 heavy (non-hydrogen) atoms. The van der Waals surface area contributed by atoms with E-state index in [1.807, 2.05) is 4.90 Å². The van der Waals surface area contributed by atoms with Gasteiger partial charge in [-0.1, -0.05) is 12.1 Å². The number of aromatic nitrogens is 2. The molecule has 2 aliphatic rings. The molecule has 0 atom stereocenters. The predicted octanol–water partition coefficient (Wildman–Crippen LogP) is 4.78. The van der Waals surface area contributed by atoms with Gasteiger partial charge in [0.05, 0.1) is 17.8 Å². The Hall–Kier alpha value is -2.16. The number of fused-ring (bicyclic) bond motifs is 3. The Morgan fingerprint density at radius 3 is 2.60 bits per heavy atom. The summed E-state index contributed by atoms with van der Waals surface area (Å²) in [5, 5.41) is 12.0. The van der Waals surface area contributed by atoms with E-state index in [0.29, 0.717) is 13.1 Å². The lowest BCUT2D eigenvalue weighted by molar-refractivity contribution is -0.138. The first kappa shape index (κ1) is 19.8. The highest BCUT2D eigenvalue weighted by atomic mass is 32.1. The number of halogens is 3. The number of rotatable bonds is 5. The van der Waals surface area contributed by atoms with Crippen LogP contribution in [0.25, 0.3) is 22.5 Å². The van der Waals surface area contributed by atoms with E-state index in [-0.39, 0.29) is 6.54 Å². The largest absolute Gasteiger partial charge is 0.390 e. The van der Waals surface area contributed by atoms with Crippen LogP contribution in [-0.4, -0.2) is 58.9 Å². The highest BCUT2D eigenvalue weighted by Gasteiger charge is 2.29. The van der Waals surface area contributed by atoms with Crippen molar-refractivity contribution in [2.24, 2.45) is 0 Å². The zero-order chi connectivity index (χ0) is 20.7. The Morgan fingerprint density at radius 1 is 1.07 bits per heavy atom. The number of hydrogen-bond acceptors (Lipinski definition) is 4. The number of nitrogens with zero attached hydrogens (tertiary/aromatic N) is 3. The quantitative estimate of drug-likeness (QED) is 0.493. The first-order valence-corrected chi connectivity index (χ1v) is 11.1. The van der Waals surface area contributed by atoms with E-state index in [1.165, 1.54) is 22.3 Å². The van der Waals surface area contributed by atoms with E-state index in [2.05, 4.69) is 50.1 Å². The molecular weight excluding hydrogens is 409 g/mol. The highest BCUT2D eigenvalue weighted by Crippen LogP contribution is 2.40. The second kappa shape index (κ2) is 7.83. The molecule has 1 N–H and O–H groups in total. The van der Waals surface area contributed by atoms with E-state index >= 15 is 0 Å². The molecule has 1 aliphatic heterocycles. The second-order valence-electron chi connectivity index (χ2n) is 8.09.